The predicted octanol–water partition coefficient (Wildman–Crippen LogP) is 4.03. The maximum atomic E-state index is 12.0. The molecule has 27 heavy (non-hydrogen) atoms. The fraction of sp³-hybridized carbons (Fsp3) is 0.238. The van der Waals surface area contributed by atoms with Crippen LogP contribution in [0.2, 0.25) is 0 Å². The molecule has 0 aliphatic carbocycles. The molecule has 0 radical (unpaired) electrons. The molecule has 0 aliphatic heterocycles. The molecule has 1 unspecified atom stereocenters. The standard InChI is InChI=1S/C21H21NO5/c1-14(18-12-22-19-6-4-3-5-17(18)19)11-20(23)26-13-27-21(24)15-7-9-16(25-2)10-8-15/h3-10,12,14,22H,11,13H2,1-2H3. The molecule has 6 heteroatoms. The minimum absolute atomic E-state index is 0.0223. The van der Waals surface area contributed by atoms with E-state index in [1.54, 1.807) is 31.4 Å². The Kier molecular flexibility index (Phi) is 5.76. The molecule has 0 saturated carbocycles. The van der Waals surface area contributed by atoms with Crippen LogP contribution < -0.4 is 4.74 Å². The van der Waals surface area contributed by atoms with Crippen LogP contribution in [0, 0.1) is 0 Å². The van der Waals surface area contributed by atoms with Gasteiger partial charge in [0.2, 0.25) is 6.79 Å². The maximum Gasteiger partial charge on any atom is 0.341 e. The molecule has 1 heterocycles. The average molecular weight is 367 g/mol. The Morgan fingerprint density at radius 2 is 1.78 bits per heavy atom. The van der Waals surface area contributed by atoms with Gasteiger partial charge in [0.05, 0.1) is 19.1 Å². The highest BCUT2D eigenvalue weighted by molar-refractivity contribution is 5.89. The van der Waals surface area contributed by atoms with Gasteiger partial charge in [-0.2, -0.15) is 0 Å². The van der Waals surface area contributed by atoms with Crippen molar-refractivity contribution in [3.8, 4) is 5.75 Å². The minimum atomic E-state index is -0.560. The Hall–Kier alpha value is -3.28. The van der Waals surface area contributed by atoms with Crippen LogP contribution in [0.15, 0.2) is 54.7 Å². The van der Waals surface area contributed by atoms with Gasteiger partial charge in [-0.3, -0.25) is 4.79 Å². The summed E-state index contributed by atoms with van der Waals surface area (Å²) in [6.07, 6.45) is 2.11. The summed E-state index contributed by atoms with van der Waals surface area (Å²) < 4.78 is 15.1. The lowest BCUT2D eigenvalue weighted by atomic mass is 9.97. The molecular weight excluding hydrogens is 346 g/mol. The SMILES string of the molecule is COc1ccc(C(=O)OCOC(=O)CC(C)c2c[nH]c3ccccc23)cc1. The van der Waals surface area contributed by atoms with Crippen molar-refractivity contribution in [2.75, 3.05) is 13.9 Å². The molecule has 0 amide bonds. The van der Waals surface area contributed by atoms with E-state index in [2.05, 4.69) is 4.98 Å². The van der Waals surface area contributed by atoms with E-state index in [4.69, 9.17) is 14.2 Å². The van der Waals surface area contributed by atoms with Gasteiger partial charge in [0, 0.05) is 17.1 Å². The summed E-state index contributed by atoms with van der Waals surface area (Å²) in [6, 6.07) is 14.4. The van der Waals surface area contributed by atoms with Crippen LogP contribution in [-0.4, -0.2) is 30.8 Å². The third kappa shape index (κ3) is 4.47. The number of fused-ring (bicyclic) bond motifs is 1. The van der Waals surface area contributed by atoms with Crippen LogP contribution in [0.3, 0.4) is 0 Å². The van der Waals surface area contributed by atoms with Crippen LogP contribution in [0.4, 0.5) is 0 Å². The van der Waals surface area contributed by atoms with Crippen molar-refractivity contribution in [3.05, 3.63) is 65.9 Å². The number of hydrogen-bond donors (Lipinski definition) is 1. The molecule has 0 aliphatic rings. The van der Waals surface area contributed by atoms with Crippen molar-refractivity contribution in [1.82, 2.24) is 4.98 Å². The number of hydrogen-bond acceptors (Lipinski definition) is 5. The second-order valence-electron chi connectivity index (χ2n) is 6.19. The van der Waals surface area contributed by atoms with E-state index in [0.717, 1.165) is 16.5 Å². The first-order chi connectivity index (χ1) is 13.1. The molecule has 1 aromatic heterocycles. The number of carbonyl (C=O) groups is 2. The Bertz CT molecular complexity index is 929. The molecule has 1 N–H and O–H groups in total. The van der Waals surface area contributed by atoms with E-state index < -0.39 is 18.7 Å². The van der Waals surface area contributed by atoms with Gasteiger partial charge in [-0.15, -0.1) is 0 Å². The largest absolute Gasteiger partial charge is 0.497 e. The lowest BCUT2D eigenvalue weighted by Crippen LogP contribution is -2.14. The molecule has 0 spiro atoms. The van der Waals surface area contributed by atoms with Crippen molar-refractivity contribution in [2.24, 2.45) is 0 Å². The number of H-pyrrole nitrogens is 1. The van der Waals surface area contributed by atoms with Crippen LogP contribution in [0.25, 0.3) is 10.9 Å². The average Bonchev–Trinajstić information content (AvgIpc) is 3.12. The molecule has 140 valence electrons. The second-order valence-corrected chi connectivity index (χ2v) is 6.19. The minimum Gasteiger partial charge on any atom is -0.497 e. The molecule has 3 rings (SSSR count). The number of methoxy groups -OCH3 is 1. The normalized spacial score (nSPS) is 11.8. The van der Waals surface area contributed by atoms with E-state index in [9.17, 15) is 9.59 Å². The van der Waals surface area contributed by atoms with Gasteiger partial charge in [0.1, 0.15) is 5.75 Å². The van der Waals surface area contributed by atoms with Crippen molar-refractivity contribution >= 4 is 22.8 Å². The summed E-state index contributed by atoms with van der Waals surface area (Å²) in [7, 11) is 1.55. The van der Waals surface area contributed by atoms with Gasteiger partial charge in [0.25, 0.3) is 0 Å². The molecule has 0 saturated heterocycles. The highest BCUT2D eigenvalue weighted by Crippen LogP contribution is 2.27. The summed E-state index contributed by atoms with van der Waals surface area (Å²) in [5.41, 5.74) is 2.44. The zero-order chi connectivity index (χ0) is 19.2. The summed E-state index contributed by atoms with van der Waals surface area (Å²) >= 11 is 0. The quantitative estimate of drug-likeness (QED) is 0.504. The fourth-order valence-electron chi connectivity index (χ4n) is 2.88. The number of nitrogens with one attached hydrogen (secondary N) is 1. The molecule has 6 nitrogen and oxygen atoms in total. The Morgan fingerprint density at radius 3 is 2.52 bits per heavy atom. The van der Waals surface area contributed by atoms with Gasteiger partial charge in [-0.05, 0) is 41.8 Å². The third-order valence-corrected chi connectivity index (χ3v) is 4.36. The lowest BCUT2D eigenvalue weighted by Gasteiger charge is -2.11. The first-order valence-corrected chi connectivity index (χ1v) is 8.61. The smallest absolute Gasteiger partial charge is 0.341 e. The van der Waals surface area contributed by atoms with Crippen LogP contribution in [-0.2, 0) is 14.3 Å². The molecule has 3 aromatic rings. The van der Waals surface area contributed by atoms with Crippen molar-refractivity contribution < 1.29 is 23.8 Å². The van der Waals surface area contributed by atoms with Crippen molar-refractivity contribution in [2.45, 2.75) is 19.3 Å². The Morgan fingerprint density at radius 1 is 1.04 bits per heavy atom. The maximum absolute atomic E-state index is 12.0. The number of esters is 2. The number of benzene rings is 2. The zero-order valence-electron chi connectivity index (χ0n) is 15.2. The molecule has 2 aromatic carbocycles. The van der Waals surface area contributed by atoms with Gasteiger partial charge >= 0.3 is 11.9 Å². The van der Waals surface area contributed by atoms with E-state index in [-0.39, 0.29) is 12.3 Å². The zero-order valence-corrected chi connectivity index (χ0v) is 15.2. The highest BCUT2D eigenvalue weighted by Gasteiger charge is 2.16. The monoisotopic (exact) mass is 367 g/mol. The third-order valence-electron chi connectivity index (χ3n) is 4.36. The van der Waals surface area contributed by atoms with E-state index >= 15 is 0 Å². The first kappa shape index (κ1) is 18.5. The van der Waals surface area contributed by atoms with Gasteiger partial charge in [0.15, 0.2) is 0 Å². The molecular formula is C21H21NO5. The van der Waals surface area contributed by atoms with Gasteiger partial charge < -0.3 is 19.2 Å². The molecule has 0 fully saturated rings. The van der Waals surface area contributed by atoms with E-state index in [0.29, 0.717) is 11.3 Å². The second kappa shape index (κ2) is 8.40. The highest BCUT2D eigenvalue weighted by atomic mass is 16.7. The topological polar surface area (TPSA) is 77.6 Å². The van der Waals surface area contributed by atoms with E-state index in [1.165, 1.54) is 0 Å². The fourth-order valence-corrected chi connectivity index (χ4v) is 2.88. The number of ether oxygens (including phenoxy) is 3. The van der Waals surface area contributed by atoms with Gasteiger partial charge in [-0.1, -0.05) is 25.1 Å². The van der Waals surface area contributed by atoms with Crippen molar-refractivity contribution in [3.63, 3.8) is 0 Å². The molecule has 0 bridgehead atoms. The Balaban J connectivity index is 1.48. The first-order valence-electron chi connectivity index (χ1n) is 8.61. The number of aromatic nitrogens is 1. The van der Waals surface area contributed by atoms with Crippen LogP contribution in [0.1, 0.15) is 35.2 Å². The summed E-state index contributed by atoms with van der Waals surface area (Å²) in [6.45, 7) is 1.55. The van der Waals surface area contributed by atoms with Crippen LogP contribution in [0.5, 0.6) is 5.75 Å². The number of aromatic amines is 1. The number of carbonyl (C=O) groups excluding carboxylic acids is 2. The summed E-state index contributed by atoms with van der Waals surface area (Å²) in [5, 5.41) is 1.09. The number of para-hydroxylation sites is 1. The van der Waals surface area contributed by atoms with Gasteiger partial charge in [-0.25, -0.2) is 4.79 Å². The summed E-state index contributed by atoms with van der Waals surface area (Å²) in [5.74, 6) is -0.361. The van der Waals surface area contributed by atoms with Crippen LogP contribution >= 0.6 is 0 Å². The Labute approximate surface area is 157 Å². The predicted molar refractivity (Wildman–Crippen MR) is 101 cm³/mol. The summed E-state index contributed by atoms with van der Waals surface area (Å²) in [4.78, 5) is 27.2. The number of rotatable bonds is 7. The van der Waals surface area contributed by atoms with E-state index in [1.807, 2.05) is 37.4 Å². The van der Waals surface area contributed by atoms with Crippen molar-refractivity contribution in [1.29, 1.82) is 0 Å². The lowest BCUT2D eigenvalue weighted by molar-refractivity contribution is -0.152. The molecule has 1 atom stereocenters.